The maximum atomic E-state index is 13.7. The average Bonchev–Trinajstić information content (AvgIpc) is 2.80. The Hall–Kier alpha value is -2.76. The van der Waals surface area contributed by atoms with Crippen molar-refractivity contribution in [1.82, 2.24) is 9.78 Å². The molecule has 0 amide bonds. The van der Waals surface area contributed by atoms with Crippen LogP contribution in [0.5, 0.6) is 0 Å². The van der Waals surface area contributed by atoms with Crippen LogP contribution in [0, 0.1) is 17.0 Å². The summed E-state index contributed by atoms with van der Waals surface area (Å²) in [5, 5.41) is 12.2. The van der Waals surface area contributed by atoms with Crippen molar-refractivity contribution in [2.75, 3.05) is 0 Å². The van der Waals surface area contributed by atoms with Crippen LogP contribution in [0.2, 0.25) is 0 Å². The number of halogens is 2. The third-order valence-electron chi connectivity index (χ3n) is 3.26. The van der Waals surface area contributed by atoms with E-state index >= 15 is 0 Å². The summed E-state index contributed by atoms with van der Waals surface area (Å²) in [6.45, 7) is 0. The van der Waals surface area contributed by atoms with Gasteiger partial charge in [0.2, 0.25) is 5.96 Å². The first-order chi connectivity index (χ1) is 10.1. The fourth-order valence-electron chi connectivity index (χ4n) is 2.29. The molecular weight excluding hydrogens is 274 g/mol. The van der Waals surface area contributed by atoms with Crippen LogP contribution in [0.3, 0.4) is 0 Å². The zero-order valence-corrected chi connectivity index (χ0v) is 11.0. The Balaban J connectivity index is 2.16. The first-order valence-electron chi connectivity index (χ1n) is 6.31. The van der Waals surface area contributed by atoms with Crippen LogP contribution in [0.4, 0.5) is 8.78 Å². The largest absolute Gasteiger partial charge is 0.368 e. The molecule has 0 saturated carbocycles. The highest BCUT2D eigenvalue weighted by Crippen LogP contribution is 2.23. The number of nitrogens with zero attached hydrogens (tertiary/aromatic N) is 2. The lowest BCUT2D eigenvalue weighted by Crippen LogP contribution is -2.21. The van der Waals surface area contributed by atoms with E-state index in [0.717, 1.165) is 0 Å². The first-order valence-corrected chi connectivity index (χ1v) is 6.31. The lowest BCUT2D eigenvalue weighted by molar-refractivity contribution is 0.613. The number of hydrogen-bond acceptors (Lipinski definition) is 2. The van der Waals surface area contributed by atoms with Crippen molar-refractivity contribution in [3.8, 4) is 0 Å². The number of aromatic nitrogens is 2. The van der Waals surface area contributed by atoms with Crippen molar-refractivity contribution in [2.45, 2.75) is 6.42 Å². The molecular formula is C15H12F2N4. The van der Waals surface area contributed by atoms with Gasteiger partial charge in [-0.25, -0.2) is 13.5 Å². The van der Waals surface area contributed by atoms with E-state index in [0.29, 0.717) is 22.2 Å². The molecule has 0 aliphatic carbocycles. The van der Waals surface area contributed by atoms with Gasteiger partial charge in [0.1, 0.15) is 11.6 Å². The summed E-state index contributed by atoms with van der Waals surface area (Å²) in [5.41, 5.74) is 6.93. The highest BCUT2D eigenvalue weighted by atomic mass is 19.1. The maximum absolute atomic E-state index is 13.7. The molecule has 2 aromatic carbocycles. The van der Waals surface area contributed by atoms with Gasteiger partial charge in [-0.15, -0.1) is 0 Å². The molecule has 3 N–H and O–H groups in total. The minimum Gasteiger partial charge on any atom is -0.368 e. The predicted molar refractivity (Wildman–Crippen MR) is 76.2 cm³/mol. The van der Waals surface area contributed by atoms with Crippen LogP contribution in [0.1, 0.15) is 11.3 Å². The van der Waals surface area contributed by atoms with Gasteiger partial charge in [0.15, 0.2) is 0 Å². The zero-order valence-electron chi connectivity index (χ0n) is 11.0. The van der Waals surface area contributed by atoms with E-state index in [-0.39, 0.29) is 18.2 Å². The molecule has 1 heterocycles. The SMILES string of the molecule is N=C(N)n1nc(Cc2ccccc2F)c2cc(F)ccc21. The highest BCUT2D eigenvalue weighted by Gasteiger charge is 2.14. The molecule has 21 heavy (non-hydrogen) atoms. The molecule has 0 aliphatic rings. The molecule has 0 atom stereocenters. The second-order valence-electron chi connectivity index (χ2n) is 4.67. The summed E-state index contributed by atoms with van der Waals surface area (Å²) in [6, 6.07) is 10.4. The van der Waals surface area contributed by atoms with Crippen molar-refractivity contribution >= 4 is 16.9 Å². The van der Waals surface area contributed by atoms with Crippen molar-refractivity contribution in [3.05, 3.63) is 65.4 Å². The highest BCUT2D eigenvalue weighted by molar-refractivity contribution is 5.92. The first kappa shape index (κ1) is 13.2. The number of nitrogen functional groups attached to an aromatic ring is 1. The summed E-state index contributed by atoms with van der Waals surface area (Å²) in [5.74, 6) is -1.04. The van der Waals surface area contributed by atoms with Crippen LogP contribution in [0.15, 0.2) is 42.5 Å². The number of nitrogens with one attached hydrogen (secondary N) is 1. The molecule has 6 heteroatoms. The molecule has 0 saturated heterocycles. The molecule has 0 fully saturated rings. The van der Waals surface area contributed by atoms with E-state index in [1.54, 1.807) is 18.2 Å². The van der Waals surface area contributed by atoms with Gasteiger partial charge in [0.05, 0.1) is 11.2 Å². The molecule has 0 aliphatic heterocycles. The Morgan fingerprint density at radius 1 is 1.19 bits per heavy atom. The third kappa shape index (κ3) is 2.35. The van der Waals surface area contributed by atoms with E-state index in [4.69, 9.17) is 11.1 Å². The van der Waals surface area contributed by atoms with Gasteiger partial charge in [0.25, 0.3) is 0 Å². The van der Waals surface area contributed by atoms with Gasteiger partial charge in [-0.1, -0.05) is 18.2 Å². The second-order valence-corrected chi connectivity index (χ2v) is 4.67. The van der Waals surface area contributed by atoms with Crippen LogP contribution in [0.25, 0.3) is 10.9 Å². The van der Waals surface area contributed by atoms with E-state index in [1.165, 1.54) is 28.9 Å². The van der Waals surface area contributed by atoms with Crippen molar-refractivity contribution in [2.24, 2.45) is 5.73 Å². The number of hydrogen-bond donors (Lipinski definition) is 2. The Bertz CT molecular complexity index is 839. The fourth-order valence-corrected chi connectivity index (χ4v) is 2.29. The van der Waals surface area contributed by atoms with Gasteiger partial charge < -0.3 is 5.73 Å². The maximum Gasteiger partial charge on any atom is 0.214 e. The van der Waals surface area contributed by atoms with E-state index in [2.05, 4.69) is 5.10 Å². The quantitative estimate of drug-likeness (QED) is 0.561. The predicted octanol–water partition coefficient (Wildman–Crippen LogP) is 2.65. The molecule has 0 unspecified atom stereocenters. The van der Waals surface area contributed by atoms with Gasteiger partial charge in [-0.3, -0.25) is 5.41 Å². The molecule has 4 nitrogen and oxygen atoms in total. The Labute approximate surface area is 119 Å². The topological polar surface area (TPSA) is 67.7 Å². The number of fused-ring (bicyclic) bond motifs is 1. The zero-order chi connectivity index (χ0) is 15.0. The van der Waals surface area contributed by atoms with Crippen LogP contribution in [-0.4, -0.2) is 15.7 Å². The van der Waals surface area contributed by atoms with Gasteiger partial charge in [-0.05, 0) is 29.8 Å². The molecule has 0 radical (unpaired) electrons. The smallest absolute Gasteiger partial charge is 0.214 e. The Morgan fingerprint density at radius 2 is 1.95 bits per heavy atom. The van der Waals surface area contributed by atoms with Crippen LogP contribution >= 0.6 is 0 Å². The Morgan fingerprint density at radius 3 is 2.67 bits per heavy atom. The number of benzene rings is 2. The second kappa shape index (κ2) is 4.97. The molecule has 3 rings (SSSR count). The molecule has 106 valence electrons. The summed E-state index contributed by atoms with van der Waals surface area (Å²) in [6.07, 6.45) is 0.201. The van der Waals surface area contributed by atoms with Crippen LogP contribution in [-0.2, 0) is 6.42 Å². The molecule has 3 aromatic rings. The molecule has 0 bridgehead atoms. The van der Waals surface area contributed by atoms with E-state index < -0.39 is 5.82 Å². The van der Waals surface area contributed by atoms with Crippen LogP contribution < -0.4 is 5.73 Å². The monoisotopic (exact) mass is 286 g/mol. The number of nitrogens with two attached hydrogens (primary N) is 1. The minimum atomic E-state index is -0.416. The van der Waals surface area contributed by atoms with Crippen molar-refractivity contribution in [3.63, 3.8) is 0 Å². The van der Waals surface area contributed by atoms with Crippen molar-refractivity contribution < 1.29 is 8.78 Å². The number of rotatable bonds is 2. The minimum absolute atomic E-state index is 0.201. The Kier molecular flexibility index (Phi) is 3.13. The van der Waals surface area contributed by atoms with Gasteiger partial charge >= 0.3 is 0 Å². The molecule has 0 spiro atoms. The fraction of sp³-hybridized carbons (Fsp3) is 0.0667. The van der Waals surface area contributed by atoms with Gasteiger partial charge in [-0.2, -0.15) is 5.10 Å². The summed E-state index contributed by atoms with van der Waals surface area (Å²) in [7, 11) is 0. The summed E-state index contributed by atoms with van der Waals surface area (Å²) < 4.78 is 28.4. The summed E-state index contributed by atoms with van der Waals surface area (Å²) in [4.78, 5) is 0. The third-order valence-corrected chi connectivity index (χ3v) is 3.26. The average molecular weight is 286 g/mol. The molecule has 1 aromatic heterocycles. The van der Waals surface area contributed by atoms with Crippen molar-refractivity contribution in [1.29, 1.82) is 5.41 Å². The lowest BCUT2D eigenvalue weighted by atomic mass is 10.1. The van der Waals surface area contributed by atoms with E-state index in [9.17, 15) is 8.78 Å². The standard InChI is InChI=1S/C15H12F2N4/c16-10-5-6-14-11(8-10)13(20-21(14)15(18)19)7-9-3-1-2-4-12(9)17/h1-6,8H,7H2,(H3,18,19). The van der Waals surface area contributed by atoms with Gasteiger partial charge in [0, 0.05) is 11.8 Å². The normalized spacial score (nSPS) is 11.0. The van der Waals surface area contributed by atoms with E-state index in [1.807, 2.05) is 0 Å². The lowest BCUT2D eigenvalue weighted by Gasteiger charge is -2.00. The summed E-state index contributed by atoms with van der Waals surface area (Å²) >= 11 is 0.